The Morgan fingerprint density at radius 2 is 0.403 bits per heavy atom. The van der Waals surface area contributed by atoms with E-state index in [1.165, 1.54) is 0 Å². The van der Waals surface area contributed by atoms with Crippen LogP contribution in [0.4, 0.5) is 0 Å². The van der Waals surface area contributed by atoms with E-state index in [2.05, 4.69) is 218 Å². The van der Waals surface area contributed by atoms with Gasteiger partial charge in [-0.3, -0.25) is 18.3 Å². The zero-order valence-electron chi connectivity index (χ0n) is 39.0. The lowest BCUT2D eigenvalue weighted by atomic mass is 10.0. The van der Waals surface area contributed by atoms with E-state index < -0.39 is 0 Å². The minimum Gasteiger partial charge on any atom is -0.292 e. The number of hydrogen-bond donors (Lipinski definition) is 0. The number of para-hydroxylation sites is 12. The number of imidazole rings is 4. The highest BCUT2D eigenvalue weighted by atomic mass is 15.1. The number of aromatic nitrogens is 8. The number of fused-ring (bicyclic) bond motifs is 4. The minimum absolute atomic E-state index is 0.843. The molecule has 0 unspecified atom stereocenters. The Morgan fingerprint density at radius 1 is 0.194 bits per heavy atom. The van der Waals surface area contributed by atoms with Crippen molar-refractivity contribution in [2.75, 3.05) is 0 Å². The van der Waals surface area contributed by atoms with Crippen molar-refractivity contribution in [1.29, 1.82) is 0 Å². The molecule has 4 heterocycles. The van der Waals surface area contributed by atoms with E-state index >= 15 is 0 Å². The first-order valence-corrected chi connectivity index (χ1v) is 24.1. The van der Waals surface area contributed by atoms with Gasteiger partial charge < -0.3 is 0 Å². The SMILES string of the molecule is c1ccc(-c2nc3ccccc3n2-c2ccccc2)cc1.c1ccc(-n2c(-c3cc(-c4nc5ccccc5n4-c4ccccc4)cc(-c4nc5ccccc5n4-c4ccccc4)c3)nc3ccccc32)cc1. The summed E-state index contributed by atoms with van der Waals surface area (Å²) in [4.78, 5) is 20.7. The smallest absolute Gasteiger partial charge is 0.145 e. The molecule has 0 radical (unpaired) electrons. The summed E-state index contributed by atoms with van der Waals surface area (Å²) >= 11 is 0. The van der Waals surface area contributed by atoms with Crippen LogP contribution in [0.2, 0.25) is 0 Å². The second-order valence-electron chi connectivity index (χ2n) is 17.5. The van der Waals surface area contributed by atoms with Crippen LogP contribution < -0.4 is 0 Å². The fraction of sp³-hybridized carbons (Fsp3) is 0. The Kier molecular flexibility index (Phi) is 10.7. The lowest BCUT2D eigenvalue weighted by Gasteiger charge is -2.15. The van der Waals surface area contributed by atoms with Gasteiger partial charge in [-0.05, 0) is 115 Å². The van der Waals surface area contributed by atoms with Gasteiger partial charge >= 0.3 is 0 Å². The predicted octanol–water partition coefficient (Wildman–Crippen LogP) is 15.4. The van der Waals surface area contributed by atoms with E-state index in [1.54, 1.807) is 0 Å². The normalized spacial score (nSPS) is 11.3. The van der Waals surface area contributed by atoms with Crippen LogP contribution in [0.25, 0.3) is 112 Å². The lowest BCUT2D eigenvalue weighted by Crippen LogP contribution is -2.02. The third-order valence-corrected chi connectivity index (χ3v) is 13.0. The average molecular weight is 925 g/mol. The van der Waals surface area contributed by atoms with E-state index in [1.807, 2.05) is 66.7 Å². The summed E-state index contributed by atoms with van der Waals surface area (Å²) in [5, 5.41) is 0. The van der Waals surface area contributed by atoms with E-state index in [4.69, 9.17) is 19.9 Å². The third kappa shape index (κ3) is 7.60. The molecule has 14 rings (SSSR count). The van der Waals surface area contributed by atoms with Gasteiger partial charge in [-0.15, -0.1) is 0 Å². The summed E-state index contributed by atoms with van der Waals surface area (Å²) in [7, 11) is 0. The van der Waals surface area contributed by atoms with Crippen LogP contribution in [-0.2, 0) is 0 Å². The lowest BCUT2D eigenvalue weighted by molar-refractivity contribution is 1.09. The maximum absolute atomic E-state index is 5.28. The van der Waals surface area contributed by atoms with Crippen molar-refractivity contribution >= 4 is 44.1 Å². The molecule has 0 aliphatic rings. The van der Waals surface area contributed by atoms with Gasteiger partial charge in [0, 0.05) is 45.0 Å². The Bertz CT molecular complexity index is 3870. The zero-order valence-corrected chi connectivity index (χ0v) is 39.0. The van der Waals surface area contributed by atoms with E-state index in [-0.39, 0.29) is 0 Å². The van der Waals surface area contributed by atoms with Gasteiger partial charge in [0.05, 0.1) is 44.1 Å². The minimum atomic E-state index is 0.843. The Labute approximate surface area is 415 Å². The molecule has 0 N–H and O–H groups in total. The van der Waals surface area contributed by atoms with Crippen molar-refractivity contribution in [2.24, 2.45) is 0 Å². The molecule has 72 heavy (non-hydrogen) atoms. The predicted molar refractivity (Wildman–Crippen MR) is 293 cm³/mol. The van der Waals surface area contributed by atoms with Crippen molar-refractivity contribution in [2.45, 2.75) is 0 Å². The van der Waals surface area contributed by atoms with Crippen molar-refractivity contribution in [3.05, 3.63) is 267 Å². The Hall–Kier alpha value is -9.92. The second-order valence-corrected chi connectivity index (χ2v) is 17.5. The van der Waals surface area contributed by atoms with Gasteiger partial charge in [-0.2, -0.15) is 0 Å². The molecule has 0 saturated heterocycles. The quantitative estimate of drug-likeness (QED) is 0.152. The molecule has 4 aromatic heterocycles. The Morgan fingerprint density at radius 3 is 0.667 bits per heavy atom. The molecule has 0 aliphatic carbocycles. The molecule has 8 nitrogen and oxygen atoms in total. The highest BCUT2D eigenvalue weighted by molar-refractivity contribution is 5.90. The maximum Gasteiger partial charge on any atom is 0.145 e. The van der Waals surface area contributed by atoms with Crippen LogP contribution in [0.15, 0.2) is 267 Å². The van der Waals surface area contributed by atoms with Crippen molar-refractivity contribution in [3.63, 3.8) is 0 Å². The number of hydrogen-bond acceptors (Lipinski definition) is 4. The molecule has 0 fully saturated rings. The Balaban J connectivity index is 0.000000200. The number of rotatable bonds is 8. The topological polar surface area (TPSA) is 71.3 Å². The monoisotopic (exact) mass is 924 g/mol. The molecule has 0 aliphatic heterocycles. The first-order valence-electron chi connectivity index (χ1n) is 24.1. The first kappa shape index (κ1) is 42.2. The number of nitrogens with zero attached hydrogens (tertiary/aromatic N) is 8. The molecular weight excluding hydrogens is 881 g/mol. The van der Waals surface area contributed by atoms with Gasteiger partial charge in [-0.25, -0.2) is 19.9 Å². The van der Waals surface area contributed by atoms with Crippen LogP contribution in [0, 0.1) is 0 Å². The summed E-state index contributed by atoms with van der Waals surface area (Å²) in [6.45, 7) is 0. The molecule has 8 heteroatoms. The largest absolute Gasteiger partial charge is 0.292 e. The van der Waals surface area contributed by atoms with Crippen LogP contribution in [0.3, 0.4) is 0 Å². The first-order chi connectivity index (χ1) is 35.7. The van der Waals surface area contributed by atoms with Gasteiger partial charge in [-0.1, -0.05) is 152 Å². The highest BCUT2D eigenvalue weighted by Gasteiger charge is 2.23. The molecular formula is C64H44N8. The van der Waals surface area contributed by atoms with Gasteiger partial charge in [0.2, 0.25) is 0 Å². The van der Waals surface area contributed by atoms with Crippen LogP contribution in [-0.4, -0.2) is 38.2 Å². The second kappa shape index (κ2) is 18.2. The maximum atomic E-state index is 5.28. The molecule has 0 saturated carbocycles. The molecule has 340 valence electrons. The summed E-state index contributed by atoms with van der Waals surface area (Å²) in [6, 6.07) is 91.9. The summed E-state index contributed by atoms with van der Waals surface area (Å²) in [6.07, 6.45) is 0. The molecule has 0 spiro atoms. The van der Waals surface area contributed by atoms with Crippen molar-refractivity contribution in [3.8, 4) is 68.3 Å². The zero-order chi connectivity index (χ0) is 47.8. The highest BCUT2D eigenvalue weighted by Crippen LogP contribution is 2.39. The van der Waals surface area contributed by atoms with Crippen LogP contribution >= 0.6 is 0 Å². The fourth-order valence-electron chi connectivity index (χ4n) is 9.83. The van der Waals surface area contributed by atoms with Gasteiger partial charge in [0.1, 0.15) is 23.3 Å². The summed E-state index contributed by atoms with van der Waals surface area (Å²) < 4.78 is 8.96. The average Bonchev–Trinajstić information content (AvgIpc) is 4.25. The van der Waals surface area contributed by atoms with Crippen LogP contribution in [0.5, 0.6) is 0 Å². The van der Waals surface area contributed by atoms with Gasteiger partial charge in [0.15, 0.2) is 0 Å². The van der Waals surface area contributed by atoms with E-state index in [9.17, 15) is 0 Å². The molecule has 0 atom stereocenters. The molecule has 0 amide bonds. The van der Waals surface area contributed by atoms with Crippen LogP contribution in [0.1, 0.15) is 0 Å². The molecule has 10 aromatic carbocycles. The third-order valence-electron chi connectivity index (χ3n) is 13.0. The fourth-order valence-corrected chi connectivity index (χ4v) is 9.83. The van der Waals surface area contributed by atoms with Crippen molar-refractivity contribution in [1.82, 2.24) is 38.2 Å². The van der Waals surface area contributed by atoms with Crippen molar-refractivity contribution < 1.29 is 0 Å². The standard InChI is InChI=1S/C45H30N6.C19H14N2/c1-4-16-34(17-5-1)49-40-25-13-10-22-37(40)46-43(49)31-28-32(44-47-38-23-11-14-26-41(38)50(44)35-18-6-2-7-19-35)30-33(29-31)45-48-39-24-12-15-27-42(39)51(45)36-20-8-3-9-21-36;1-3-9-15(10-4-1)19-20-17-13-7-8-14-18(17)21(19)16-11-5-2-6-12-16/h1-30H;1-14H. The molecule has 0 bridgehead atoms. The van der Waals surface area contributed by atoms with E-state index in [0.29, 0.717) is 0 Å². The molecule has 14 aromatic rings. The van der Waals surface area contributed by atoms with E-state index in [0.717, 1.165) is 112 Å². The summed E-state index contributed by atoms with van der Waals surface area (Å²) in [5.41, 5.74) is 16.3. The number of benzene rings is 10. The summed E-state index contributed by atoms with van der Waals surface area (Å²) in [5.74, 6) is 3.50. The van der Waals surface area contributed by atoms with Gasteiger partial charge in [0.25, 0.3) is 0 Å².